The first kappa shape index (κ1) is 15.8. The summed E-state index contributed by atoms with van der Waals surface area (Å²) < 4.78 is 2.56. The van der Waals surface area contributed by atoms with E-state index in [1.165, 1.54) is 0 Å². The largest absolute Gasteiger partial charge is 0.294 e. The predicted octanol–water partition coefficient (Wildman–Crippen LogP) is 4.32. The van der Waals surface area contributed by atoms with E-state index in [2.05, 4.69) is 27.7 Å². The molecule has 0 saturated carbocycles. The summed E-state index contributed by atoms with van der Waals surface area (Å²) in [5.74, 6) is -0.00977. The number of benzene rings is 1. The minimum atomic E-state index is -0.00977. The van der Waals surface area contributed by atoms with Crippen LogP contribution in [-0.2, 0) is 19.9 Å². The summed E-state index contributed by atoms with van der Waals surface area (Å²) in [5, 5.41) is 5.46. The highest BCUT2D eigenvalue weighted by Gasteiger charge is 2.18. The van der Waals surface area contributed by atoms with E-state index in [1.807, 2.05) is 13.0 Å². The standard InChI is InChI=1S/C14H13Cl2IN2O/c1-3-11-14(16)12(19(2)18-11)7-13(20)9-6-8(15)4-5-10(9)17/h4-6H,3,7H2,1-2H3. The fraction of sp³-hybridized carbons (Fsp3) is 0.286. The third-order valence-electron chi connectivity index (χ3n) is 3.06. The summed E-state index contributed by atoms with van der Waals surface area (Å²) in [4.78, 5) is 12.4. The maximum absolute atomic E-state index is 12.4. The van der Waals surface area contributed by atoms with Crippen LogP contribution in [0.5, 0.6) is 0 Å². The van der Waals surface area contributed by atoms with Gasteiger partial charge in [0.15, 0.2) is 5.78 Å². The molecule has 2 aromatic rings. The van der Waals surface area contributed by atoms with Crippen molar-refractivity contribution in [2.75, 3.05) is 0 Å². The summed E-state index contributed by atoms with van der Waals surface area (Å²) in [6.07, 6.45) is 0.967. The Morgan fingerprint density at radius 1 is 1.40 bits per heavy atom. The van der Waals surface area contributed by atoms with Crippen LogP contribution >= 0.6 is 45.8 Å². The first-order chi connectivity index (χ1) is 9.43. The van der Waals surface area contributed by atoms with Gasteiger partial charge in [-0.2, -0.15) is 5.10 Å². The van der Waals surface area contributed by atoms with E-state index in [4.69, 9.17) is 23.2 Å². The first-order valence-electron chi connectivity index (χ1n) is 6.12. The van der Waals surface area contributed by atoms with Crippen molar-refractivity contribution in [3.8, 4) is 0 Å². The summed E-state index contributed by atoms with van der Waals surface area (Å²) in [5.41, 5.74) is 2.18. The Labute approximate surface area is 141 Å². The maximum Gasteiger partial charge on any atom is 0.169 e. The molecule has 0 aliphatic heterocycles. The minimum absolute atomic E-state index is 0.00977. The Kier molecular flexibility index (Phi) is 5.09. The molecule has 0 amide bonds. The van der Waals surface area contributed by atoms with Crippen molar-refractivity contribution in [2.45, 2.75) is 19.8 Å². The minimum Gasteiger partial charge on any atom is -0.294 e. The number of aromatic nitrogens is 2. The first-order valence-corrected chi connectivity index (χ1v) is 7.96. The Bertz CT molecular complexity index is 667. The zero-order valence-electron chi connectivity index (χ0n) is 11.1. The lowest BCUT2D eigenvalue weighted by molar-refractivity contribution is 0.0990. The molecule has 0 N–H and O–H groups in total. The van der Waals surface area contributed by atoms with Crippen LogP contribution in [0.2, 0.25) is 10.0 Å². The van der Waals surface area contributed by atoms with E-state index in [-0.39, 0.29) is 12.2 Å². The van der Waals surface area contributed by atoms with E-state index in [9.17, 15) is 4.79 Å². The van der Waals surface area contributed by atoms with Gasteiger partial charge < -0.3 is 0 Å². The number of carbonyl (C=O) groups is 1. The van der Waals surface area contributed by atoms with Gasteiger partial charge in [0.2, 0.25) is 0 Å². The second kappa shape index (κ2) is 6.45. The molecule has 6 heteroatoms. The highest BCUT2D eigenvalue weighted by atomic mass is 127. The Morgan fingerprint density at radius 3 is 2.70 bits per heavy atom. The Hall–Kier alpha value is -0.590. The Balaban J connectivity index is 2.33. The highest BCUT2D eigenvalue weighted by Crippen LogP contribution is 2.24. The van der Waals surface area contributed by atoms with E-state index >= 15 is 0 Å². The molecule has 0 unspecified atom stereocenters. The summed E-state index contributed by atoms with van der Waals surface area (Å²) >= 11 is 14.4. The van der Waals surface area contributed by atoms with Crippen LogP contribution in [0.15, 0.2) is 18.2 Å². The van der Waals surface area contributed by atoms with Crippen molar-refractivity contribution in [3.63, 3.8) is 0 Å². The molecule has 0 saturated heterocycles. The van der Waals surface area contributed by atoms with Gasteiger partial charge in [0.25, 0.3) is 0 Å². The van der Waals surface area contributed by atoms with E-state index in [1.54, 1.807) is 23.9 Å². The number of hydrogen-bond donors (Lipinski definition) is 0. The molecule has 1 aromatic carbocycles. The number of halogens is 3. The van der Waals surface area contributed by atoms with Crippen molar-refractivity contribution in [1.82, 2.24) is 9.78 Å². The number of nitrogens with zero attached hydrogens (tertiary/aromatic N) is 2. The molecule has 1 aromatic heterocycles. The monoisotopic (exact) mass is 422 g/mol. The fourth-order valence-corrected chi connectivity index (χ4v) is 3.14. The van der Waals surface area contributed by atoms with E-state index < -0.39 is 0 Å². The molecule has 1 heterocycles. The summed E-state index contributed by atoms with van der Waals surface area (Å²) in [7, 11) is 1.80. The molecule has 0 spiro atoms. The highest BCUT2D eigenvalue weighted by molar-refractivity contribution is 14.1. The van der Waals surface area contributed by atoms with Crippen LogP contribution in [0.4, 0.5) is 0 Å². The van der Waals surface area contributed by atoms with E-state index in [0.29, 0.717) is 15.6 Å². The molecular formula is C14H13Cl2IN2O. The van der Waals surface area contributed by atoms with Crippen molar-refractivity contribution in [3.05, 3.63) is 48.8 Å². The normalized spacial score (nSPS) is 10.8. The third-order valence-corrected chi connectivity index (χ3v) is 4.67. The number of hydrogen-bond acceptors (Lipinski definition) is 2. The zero-order valence-corrected chi connectivity index (χ0v) is 14.8. The van der Waals surface area contributed by atoms with Crippen molar-refractivity contribution in [2.24, 2.45) is 7.05 Å². The van der Waals surface area contributed by atoms with Crippen LogP contribution in [0.3, 0.4) is 0 Å². The number of Topliss-reactive ketones (excluding diaryl/α,β-unsaturated/α-hetero) is 1. The molecule has 3 nitrogen and oxygen atoms in total. The van der Waals surface area contributed by atoms with Gasteiger partial charge >= 0.3 is 0 Å². The molecule has 0 aliphatic carbocycles. The smallest absolute Gasteiger partial charge is 0.169 e. The van der Waals surface area contributed by atoms with Gasteiger partial charge in [-0.1, -0.05) is 30.1 Å². The molecule has 0 radical (unpaired) electrons. The molecule has 106 valence electrons. The number of rotatable bonds is 4. The number of aryl methyl sites for hydroxylation is 2. The molecule has 2 rings (SSSR count). The molecular weight excluding hydrogens is 410 g/mol. The second-order valence-electron chi connectivity index (χ2n) is 4.41. The second-order valence-corrected chi connectivity index (χ2v) is 6.39. The zero-order chi connectivity index (χ0) is 14.9. The van der Waals surface area contributed by atoms with Crippen molar-refractivity contribution < 1.29 is 4.79 Å². The average Bonchev–Trinajstić information content (AvgIpc) is 2.68. The van der Waals surface area contributed by atoms with Crippen LogP contribution in [0.25, 0.3) is 0 Å². The van der Waals surface area contributed by atoms with Crippen LogP contribution in [0, 0.1) is 3.57 Å². The van der Waals surface area contributed by atoms with Gasteiger partial charge in [-0.3, -0.25) is 9.48 Å². The van der Waals surface area contributed by atoms with Crippen molar-refractivity contribution in [1.29, 1.82) is 0 Å². The molecule has 0 aliphatic rings. The lowest BCUT2D eigenvalue weighted by atomic mass is 10.1. The van der Waals surface area contributed by atoms with Gasteiger partial charge in [-0.05, 0) is 47.2 Å². The van der Waals surface area contributed by atoms with E-state index in [0.717, 1.165) is 21.4 Å². The third kappa shape index (κ3) is 3.18. The average molecular weight is 423 g/mol. The number of carbonyl (C=O) groups excluding carboxylic acids is 1. The quantitative estimate of drug-likeness (QED) is 0.543. The molecule has 20 heavy (non-hydrogen) atoms. The summed E-state index contributed by atoms with van der Waals surface area (Å²) in [6, 6.07) is 5.29. The van der Waals surface area contributed by atoms with Gasteiger partial charge in [0, 0.05) is 21.2 Å². The fourth-order valence-electron chi connectivity index (χ4n) is 1.97. The van der Waals surface area contributed by atoms with Crippen LogP contribution in [0.1, 0.15) is 28.7 Å². The van der Waals surface area contributed by atoms with Gasteiger partial charge in [-0.25, -0.2) is 0 Å². The number of ketones is 1. The summed E-state index contributed by atoms with van der Waals surface area (Å²) in [6.45, 7) is 1.99. The molecule has 0 fully saturated rings. The molecule has 0 bridgehead atoms. The van der Waals surface area contributed by atoms with Gasteiger partial charge in [0.05, 0.1) is 22.8 Å². The Morgan fingerprint density at radius 2 is 2.10 bits per heavy atom. The van der Waals surface area contributed by atoms with Crippen LogP contribution < -0.4 is 0 Å². The molecule has 0 atom stereocenters. The lowest BCUT2D eigenvalue weighted by Crippen LogP contribution is -2.09. The SMILES string of the molecule is CCc1nn(C)c(CC(=O)c2cc(Cl)ccc2I)c1Cl. The maximum atomic E-state index is 12.4. The van der Waals surface area contributed by atoms with Crippen molar-refractivity contribution >= 4 is 51.6 Å². The lowest BCUT2D eigenvalue weighted by Gasteiger charge is -2.05. The predicted molar refractivity (Wildman–Crippen MR) is 89.8 cm³/mol. The van der Waals surface area contributed by atoms with Gasteiger partial charge in [-0.15, -0.1) is 0 Å². The van der Waals surface area contributed by atoms with Gasteiger partial charge in [0.1, 0.15) is 0 Å². The topological polar surface area (TPSA) is 34.9 Å². The van der Waals surface area contributed by atoms with Crippen LogP contribution in [-0.4, -0.2) is 15.6 Å².